The van der Waals surface area contributed by atoms with Gasteiger partial charge >= 0.3 is 0 Å². The van der Waals surface area contributed by atoms with Gasteiger partial charge in [0.25, 0.3) is 0 Å². The number of aromatic nitrogens is 2. The SMILES string of the molecule is COc1ccsc1CN1CCNCC1c1nccn1C. The molecular weight excluding hydrogens is 272 g/mol. The zero-order valence-electron chi connectivity index (χ0n) is 11.9. The molecule has 1 fully saturated rings. The van der Waals surface area contributed by atoms with Gasteiger partial charge in [0.1, 0.15) is 11.6 Å². The zero-order valence-corrected chi connectivity index (χ0v) is 12.7. The smallest absolute Gasteiger partial charge is 0.134 e. The van der Waals surface area contributed by atoms with Crippen LogP contribution in [-0.4, -0.2) is 41.2 Å². The van der Waals surface area contributed by atoms with Crippen LogP contribution in [0.1, 0.15) is 16.7 Å². The third-order valence-electron chi connectivity index (χ3n) is 3.78. The van der Waals surface area contributed by atoms with Gasteiger partial charge in [-0.15, -0.1) is 11.3 Å². The molecule has 20 heavy (non-hydrogen) atoms. The van der Waals surface area contributed by atoms with E-state index in [-0.39, 0.29) is 0 Å². The Kier molecular flexibility index (Phi) is 4.05. The van der Waals surface area contributed by atoms with Gasteiger partial charge in [-0.05, 0) is 11.4 Å². The fourth-order valence-electron chi connectivity index (χ4n) is 2.70. The maximum atomic E-state index is 5.42. The van der Waals surface area contributed by atoms with Crippen molar-refractivity contribution in [3.05, 3.63) is 34.5 Å². The predicted octanol–water partition coefficient (Wildman–Crippen LogP) is 1.64. The second-order valence-corrected chi connectivity index (χ2v) is 6.00. The van der Waals surface area contributed by atoms with E-state index in [1.54, 1.807) is 18.4 Å². The van der Waals surface area contributed by atoms with Crippen LogP contribution in [0.5, 0.6) is 5.75 Å². The molecule has 5 nitrogen and oxygen atoms in total. The fraction of sp³-hybridized carbons (Fsp3) is 0.500. The highest BCUT2D eigenvalue weighted by Gasteiger charge is 2.27. The van der Waals surface area contributed by atoms with Gasteiger partial charge in [0.2, 0.25) is 0 Å². The molecule has 1 atom stereocenters. The Labute approximate surface area is 123 Å². The summed E-state index contributed by atoms with van der Waals surface area (Å²) in [7, 11) is 3.79. The lowest BCUT2D eigenvalue weighted by Crippen LogP contribution is -2.46. The normalized spacial score (nSPS) is 20.2. The fourth-order valence-corrected chi connectivity index (χ4v) is 3.56. The Morgan fingerprint density at radius 2 is 2.45 bits per heavy atom. The largest absolute Gasteiger partial charge is 0.496 e. The van der Waals surface area contributed by atoms with Crippen molar-refractivity contribution < 1.29 is 4.74 Å². The lowest BCUT2D eigenvalue weighted by Gasteiger charge is -2.35. The lowest BCUT2D eigenvalue weighted by molar-refractivity contribution is 0.145. The van der Waals surface area contributed by atoms with Gasteiger partial charge < -0.3 is 14.6 Å². The summed E-state index contributed by atoms with van der Waals surface area (Å²) in [6.07, 6.45) is 3.88. The number of aryl methyl sites for hydroxylation is 1. The first-order chi connectivity index (χ1) is 9.79. The van der Waals surface area contributed by atoms with Crippen LogP contribution < -0.4 is 10.1 Å². The van der Waals surface area contributed by atoms with E-state index in [2.05, 4.69) is 32.2 Å². The van der Waals surface area contributed by atoms with Crippen molar-refractivity contribution >= 4 is 11.3 Å². The van der Waals surface area contributed by atoms with Gasteiger partial charge in [-0.2, -0.15) is 0 Å². The van der Waals surface area contributed by atoms with Crippen LogP contribution in [0.25, 0.3) is 0 Å². The van der Waals surface area contributed by atoms with Crippen LogP contribution in [0.3, 0.4) is 0 Å². The van der Waals surface area contributed by atoms with Crippen LogP contribution in [0.2, 0.25) is 0 Å². The molecule has 1 aliphatic heterocycles. The number of imidazole rings is 1. The quantitative estimate of drug-likeness (QED) is 0.930. The van der Waals surface area contributed by atoms with Gasteiger partial charge in [0, 0.05) is 45.6 Å². The van der Waals surface area contributed by atoms with E-state index < -0.39 is 0 Å². The van der Waals surface area contributed by atoms with Gasteiger partial charge in [-0.1, -0.05) is 0 Å². The summed E-state index contributed by atoms with van der Waals surface area (Å²) in [5.41, 5.74) is 0. The summed E-state index contributed by atoms with van der Waals surface area (Å²) in [6.45, 7) is 3.91. The first-order valence-electron chi connectivity index (χ1n) is 6.82. The molecule has 3 heterocycles. The molecule has 0 spiro atoms. The third kappa shape index (κ3) is 2.59. The maximum absolute atomic E-state index is 5.42. The summed E-state index contributed by atoms with van der Waals surface area (Å²) >= 11 is 1.76. The Hall–Kier alpha value is -1.37. The molecule has 0 bridgehead atoms. The summed E-state index contributed by atoms with van der Waals surface area (Å²) in [4.78, 5) is 8.28. The Morgan fingerprint density at radius 3 is 3.20 bits per heavy atom. The van der Waals surface area contributed by atoms with Crippen molar-refractivity contribution in [1.29, 1.82) is 0 Å². The molecular formula is C14H20N4OS. The van der Waals surface area contributed by atoms with Crippen molar-refractivity contribution in [2.24, 2.45) is 7.05 Å². The summed E-state index contributed by atoms with van der Waals surface area (Å²) in [5.74, 6) is 2.11. The molecule has 0 aliphatic carbocycles. The summed E-state index contributed by atoms with van der Waals surface area (Å²) in [5, 5.41) is 5.56. The topological polar surface area (TPSA) is 42.3 Å². The Bertz CT molecular complexity index is 565. The van der Waals surface area contributed by atoms with Gasteiger partial charge in [-0.3, -0.25) is 4.90 Å². The second-order valence-electron chi connectivity index (χ2n) is 5.00. The molecule has 1 unspecified atom stereocenters. The predicted molar refractivity (Wildman–Crippen MR) is 80.1 cm³/mol. The molecule has 2 aromatic heterocycles. The van der Waals surface area contributed by atoms with Crippen LogP contribution >= 0.6 is 11.3 Å². The second kappa shape index (κ2) is 5.95. The monoisotopic (exact) mass is 292 g/mol. The molecule has 3 rings (SSSR count). The Morgan fingerprint density at radius 1 is 1.55 bits per heavy atom. The van der Waals surface area contributed by atoms with E-state index in [1.165, 1.54) is 4.88 Å². The van der Waals surface area contributed by atoms with Gasteiger partial charge in [0.15, 0.2) is 0 Å². The third-order valence-corrected chi connectivity index (χ3v) is 4.67. The molecule has 6 heteroatoms. The van der Waals surface area contributed by atoms with Crippen molar-refractivity contribution in [1.82, 2.24) is 19.8 Å². The van der Waals surface area contributed by atoms with Gasteiger partial charge in [0.05, 0.1) is 18.0 Å². The number of rotatable bonds is 4. The number of thiophene rings is 1. The van der Waals surface area contributed by atoms with Crippen LogP contribution in [-0.2, 0) is 13.6 Å². The highest BCUT2D eigenvalue weighted by Crippen LogP contribution is 2.29. The summed E-state index contributed by atoms with van der Waals surface area (Å²) < 4.78 is 7.53. The first-order valence-corrected chi connectivity index (χ1v) is 7.70. The van der Waals surface area contributed by atoms with Crippen LogP contribution in [0.4, 0.5) is 0 Å². The zero-order chi connectivity index (χ0) is 13.9. The number of nitrogens with one attached hydrogen (secondary N) is 1. The van der Waals surface area contributed by atoms with Crippen LogP contribution in [0, 0.1) is 0 Å². The molecule has 2 aromatic rings. The minimum absolute atomic E-state index is 0.315. The van der Waals surface area contributed by atoms with Crippen molar-refractivity contribution in [3.8, 4) is 5.75 Å². The molecule has 1 N–H and O–H groups in total. The highest BCUT2D eigenvalue weighted by molar-refractivity contribution is 7.10. The molecule has 0 saturated carbocycles. The minimum atomic E-state index is 0.315. The first kappa shape index (κ1) is 13.6. The van der Waals surface area contributed by atoms with E-state index in [4.69, 9.17) is 4.74 Å². The number of hydrogen-bond donors (Lipinski definition) is 1. The molecule has 0 radical (unpaired) electrons. The average molecular weight is 292 g/mol. The van der Waals surface area contributed by atoms with Crippen molar-refractivity contribution in [2.75, 3.05) is 26.7 Å². The molecule has 108 valence electrons. The number of ether oxygens (including phenoxy) is 1. The number of hydrogen-bond acceptors (Lipinski definition) is 5. The molecule has 0 amide bonds. The average Bonchev–Trinajstić information content (AvgIpc) is 3.08. The molecule has 0 aromatic carbocycles. The number of methoxy groups -OCH3 is 1. The number of piperazine rings is 1. The van der Waals surface area contributed by atoms with E-state index in [1.807, 2.05) is 18.5 Å². The van der Waals surface area contributed by atoms with E-state index >= 15 is 0 Å². The highest BCUT2D eigenvalue weighted by atomic mass is 32.1. The van der Waals surface area contributed by atoms with E-state index in [9.17, 15) is 0 Å². The molecule has 1 saturated heterocycles. The molecule has 1 aliphatic rings. The van der Waals surface area contributed by atoms with Crippen molar-refractivity contribution in [2.45, 2.75) is 12.6 Å². The minimum Gasteiger partial charge on any atom is -0.496 e. The van der Waals surface area contributed by atoms with E-state index in [0.717, 1.165) is 37.8 Å². The van der Waals surface area contributed by atoms with Gasteiger partial charge in [-0.25, -0.2) is 4.98 Å². The van der Waals surface area contributed by atoms with Crippen molar-refractivity contribution in [3.63, 3.8) is 0 Å². The standard InChI is InChI=1S/C14H20N4OS/c1-17-6-5-16-14(17)11-9-15-4-7-18(11)10-13-12(19-2)3-8-20-13/h3,5-6,8,11,15H,4,7,9-10H2,1-2H3. The lowest BCUT2D eigenvalue weighted by atomic mass is 10.1. The Balaban J connectivity index is 1.81. The van der Waals surface area contributed by atoms with Crippen LogP contribution in [0.15, 0.2) is 23.8 Å². The maximum Gasteiger partial charge on any atom is 0.134 e. The summed E-state index contributed by atoms with van der Waals surface area (Å²) in [6, 6.07) is 2.35. The number of nitrogens with zero attached hydrogens (tertiary/aromatic N) is 3. The van der Waals surface area contributed by atoms with E-state index in [0.29, 0.717) is 6.04 Å².